The standard InChI is InChI=1S/C14H21N3O5S2/c1-12(18)16-8-10-17(11-9-16)24(21,22)14-6-4-13(5-7-14)23(19,20)15(2)3/h4-7H,8-11H2,1-3H3. The first-order valence-electron chi connectivity index (χ1n) is 7.35. The van der Waals surface area contributed by atoms with Crippen molar-refractivity contribution in [3.8, 4) is 0 Å². The molecule has 0 aliphatic carbocycles. The third-order valence-electron chi connectivity index (χ3n) is 3.92. The Labute approximate surface area is 142 Å². The molecule has 0 atom stereocenters. The molecule has 8 nitrogen and oxygen atoms in total. The van der Waals surface area contributed by atoms with E-state index in [4.69, 9.17) is 0 Å². The molecule has 134 valence electrons. The van der Waals surface area contributed by atoms with Crippen LogP contribution in [-0.2, 0) is 24.8 Å². The van der Waals surface area contributed by atoms with Crippen molar-refractivity contribution in [3.05, 3.63) is 24.3 Å². The second kappa shape index (κ2) is 6.79. The highest BCUT2D eigenvalue weighted by Gasteiger charge is 2.29. The molecule has 1 aromatic rings. The summed E-state index contributed by atoms with van der Waals surface area (Å²) in [5.74, 6) is -0.0784. The van der Waals surface area contributed by atoms with E-state index in [0.29, 0.717) is 13.1 Å². The Morgan fingerprint density at radius 1 is 0.917 bits per heavy atom. The molecule has 2 rings (SSSR count). The molecule has 0 aromatic heterocycles. The third kappa shape index (κ3) is 3.61. The van der Waals surface area contributed by atoms with Gasteiger partial charge in [-0.1, -0.05) is 0 Å². The molecule has 0 unspecified atom stereocenters. The van der Waals surface area contributed by atoms with Crippen LogP contribution in [0.2, 0.25) is 0 Å². The number of benzene rings is 1. The Hall–Kier alpha value is -1.49. The van der Waals surface area contributed by atoms with Gasteiger partial charge in [0.2, 0.25) is 26.0 Å². The van der Waals surface area contributed by atoms with Crippen molar-refractivity contribution in [3.63, 3.8) is 0 Å². The predicted octanol–water partition coefficient (Wildman–Crippen LogP) is -0.210. The normalized spacial score (nSPS) is 17.2. The van der Waals surface area contributed by atoms with Crippen LogP contribution in [0.3, 0.4) is 0 Å². The van der Waals surface area contributed by atoms with Crippen molar-refractivity contribution in [2.24, 2.45) is 0 Å². The second-order valence-corrected chi connectivity index (χ2v) is 9.76. The van der Waals surface area contributed by atoms with E-state index < -0.39 is 20.0 Å². The Morgan fingerprint density at radius 3 is 1.79 bits per heavy atom. The molecule has 1 aromatic carbocycles. The van der Waals surface area contributed by atoms with Crippen LogP contribution in [-0.4, -0.2) is 76.5 Å². The van der Waals surface area contributed by atoms with Crippen molar-refractivity contribution >= 4 is 26.0 Å². The van der Waals surface area contributed by atoms with E-state index in [0.717, 1.165) is 4.31 Å². The molecule has 1 fully saturated rings. The van der Waals surface area contributed by atoms with Crippen LogP contribution in [0.1, 0.15) is 6.92 Å². The zero-order valence-corrected chi connectivity index (χ0v) is 15.5. The van der Waals surface area contributed by atoms with Gasteiger partial charge in [-0.25, -0.2) is 21.1 Å². The monoisotopic (exact) mass is 375 g/mol. The first-order chi connectivity index (χ1) is 11.1. The number of rotatable bonds is 4. The molecule has 1 heterocycles. The molecule has 0 N–H and O–H groups in total. The molecule has 1 saturated heterocycles. The molecule has 1 aliphatic rings. The van der Waals surface area contributed by atoms with Crippen LogP contribution in [0, 0.1) is 0 Å². The van der Waals surface area contributed by atoms with E-state index in [9.17, 15) is 21.6 Å². The van der Waals surface area contributed by atoms with Crippen LogP contribution in [0.5, 0.6) is 0 Å². The minimum absolute atomic E-state index is 0.0350. The van der Waals surface area contributed by atoms with E-state index in [1.807, 2.05) is 0 Å². The van der Waals surface area contributed by atoms with Crippen LogP contribution >= 0.6 is 0 Å². The summed E-state index contributed by atoms with van der Waals surface area (Å²) in [5, 5.41) is 0. The quantitative estimate of drug-likeness (QED) is 0.726. The Morgan fingerprint density at radius 2 is 1.38 bits per heavy atom. The second-order valence-electron chi connectivity index (χ2n) is 5.67. The average molecular weight is 375 g/mol. The van der Waals surface area contributed by atoms with Crippen LogP contribution in [0.4, 0.5) is 0 Å². The fourth-order valence-electron chi connectivity index (χ4n) is 2.39. The lowest BCUT2D eigenvalue weighted by Crippen LogP contribution is -2.49. The highest BCUT2D eigenvalue weighted by Crippen LogP contribution is 2.21. The minimum Gasteiger partial charge on any atom is -0.340 e. The Bertz CT molecular complexity index is 808. The zero-order valence-electron chi connectivity index (χ0n) is 13.8. The summed E-state index contributed by atoms with van der Waals surface area (Å²) in [6.07, 6.45) is 0. The lowest BCUT2D eigenvalue weighted by Gasteiger charge is -2.33. The number of piperazine rings is 1. The summed E-state index contributed by atoms with van der Waals surface area (Å²) in [5.41, 5.74) is 0. The van der Waals surface area contributed by atoms with Gasteiger partial charge in [-0.3, -0.25) is 4.79 Å². The summed E-state index contributed by atoms with van der Waals surface area (Å²) in [6, 6.07) is 5.16. The number of hydrogen-bond donors (Lipinski definition) is 0. The molecule has 10 heteroatoms. The van der Waals surface area contributed by atoms with Gasteiger partial charge in [-0.15, -0.1) is 0 Å². The molecule has 0 spiro atoms. The summed E-state index contributed by atoms with van der Waals surface area (Å²) in [6.45, 7) is 2.59. The third-order valence-corrected chi connectivity index (χ3v) is 7.67. The minimum atomic E-state index is -3.71. The smallest absolute Gasteiger partial charge is 0.243 e. The van der Waals surface area contributed by atoms with E-state index in [1.54, 1.807) is 4.90 Å². The molecule has 0 saturated carbocycles. The Kier molecular flexibility index (Phi) is 5.33. The van der Waals surface area contributed by atoms with Gasteiger partial charge >= 0.3 is 0 Å². The van der Waals surface area contributed by atoms with Crippen LogP contribution in [0.25, 0.3) is 0 Å². The Balaban J connectivity index is 2.21. The van der Waals surface area contributed by atoms with Crippen molar-refractivity contribution in [2.75, 3.05) is 40.3 Å². The first kappa shape index (κ1) is 18.8. The number of hydrogen-bond acceptors (Lipinski definition) is 5. The molecular weight excluding hydrogens is 354 g/mol. The lowest BCUT2D eigenvalue weighted by molar-refractivity contribution is -0.129. The fourth-order valence-corrected chi connectivity index (χ4v) is 4.71. The average Bonchev–Trinajstić information content (AvgIpc) is 2.54. The van der Waals surface area contributed by atoms with Gasteiger partial charge in [0.15, 0.2) is 0 Å². The molecular formula is C14H21N3O5S2. The zero-order chi connectivity index (χ0) is 18.1. The number of sulfonamides is 2. The first-order valence-corrected chi connectivity index (χ1v) is 10.2. The maximum absolute atomic E-state index is 12.6. The van der Waals surface area contributed by atoms with Crippen molar-refractivity contribution in [2.45, 2.75) is 16.7 Å². The number of carbonyl (C=O) groups is 1. The van der Waals surface area contributed by atoms with E-state index in [1.165, 1.54) is 49.6 Å². The summed E-state index contributed by atoms with van der Waals surface area (Å²) in [4.78, 5) is 13.0. The van der Waals surface area contributed by atoms with Gasteiger partial charge in [-0.2, -0.15) is 4.31 Å². The maximum atomic E-state index is 12.6. The fraction of sp³-hybridized carbons (Fsp3) is 0.500. The van der Waals surface area contributed by atoms with Crippen molar-refractivity contribution in [1.82, 2.24) is 13.5 Å². The van der Waals surface area contributed by atoms with Gasteiger partial charge in [0.05, 0.1) is 9.79 Å². The number of nitrogens with zero attached hydrogens (tertiary/aromatic N) is 3. The van der Waals surface area contributed by atoms with Gasteiger partial charge in [-0.05, 0) is 24.3 Å². The number of carbonyl (C=O) groups excluding carboxylic acids is 1. The topological polar surface area (TPSA) is 95.1 Å². The highest BCUT2D eigenvalue weighted by atomic mass is 32.2. The van der Waals surface area contributed by atoms with Crippen LogP contribution < -0.4 is 0 Å². The van der Waals surface area contributed by atoms with Crippen LogP contribution in [0.15, 0.2) is 34.1 Å². The summed E-state index contributed by atoms with van der Waals surface area (Å²) < 4.78 is 51.7. The van der Waals surface area contributed by atoms with E-state index in [2.05, 4.69) is 0 Å². The molecule has 1 aliphatic heterocycles. The van der Waals surface area contributed by atoms with Gasteiger partial charge in [0, 0.05) is 47.2 Å². The molecule has 24 heavy (non-hydrogen) atoms. The SMILES string of the molecule is CC(=O)N1CCN(S(=O)(=O)c2ccc(S(=O)(=O)N(C)C)cc2)CC1. The highest BCUT2D eigenvalue weighted by molar-refractivity contribution is 7.89. The van der Waals surface area contributed by atoms with E-state index in [-0.39, 0.29) is 28.8 Å². The van der Waals surface area contributed by atoms with Crippen molar-refractivity contribution < 1.29 is 21.6 Å². The molecule has 0 bridgehead atoms. The van der Waals surface area contributed by atoms with Gasteiger partial charge in [0.25, 0.3) is 0 Å². The maximum Gasteiger partial charge on any atom is 0.243 e. The summed E-state index contributed by atoms with van der Waals surface area (Å²) in [7, 11) is -4.48. The molecule has 0 radical (unpaired) electrons. The lowest BCUT2D eigenvalue weighted by atomic mass is 10.3. The molecule has 1 amide bonds. The van der Waals surface area contributed by atoms with Gasteiger partial charge in [0.1, 0.15) is 0 Å². The van der Waals surface area contributed by atoms with Gasteiger partial charge < -0.3 is 4.90 Å². The largest absolute Gasteiger partial charge is 0.340 e. The number of amides is 1. The van der Waals surface area contributed by atoms with E-state index >= 15 is 0 Å². The summed E-state index contributed by atoms with van der Waals surface area (Å²) >= 11 is 0. The van der Waals surface area contributed by atoms with Crippen molar-refractivity contribution in [1.29, 1.82) is 0 Å². The predicted molar refractivity (Wildman–Crippen MR) is 88.3 cm³/mol.